The van der Waals surface area contributed by atoms with Gasteiger partial charge in [-0.2, -0.15) is 0 Å². The van der Waals surface area contributed by atoms with Gasteiger partial charge in [0.05, 0.1) is 19.6 Å². The van der Waals surface area contributed by atoms with Crippen molar-refractivity contribution in [2.75, 3.05) is 104 Å². The highest BCUT2D eigenvalue weighted by Crippen LogP contribution is 2.23. The van der Waals surface area contributed by atoms with Gasteiger partial charge in [0, 0.05) is 84.2 Å². The molecule has 13 nitrogen and oxygen atoms in total. The molecule has 6 N–H and O–H groups in total. The van der Waals surface area contributed by atoms with Gasteiger partial charge >= 0.3 is 0 Å². The van der Waals surface area contributed by atoms with E-state index in [9.17, 15) is 19.2 Å². The van der Waals surface area contributed by atoms with Crippen molar-refractivity contribution in [1.82, 2.24) is 40.9 Å². The van der Waals surface area contributed by atoms with Crippen LogP contribution < -0.4 is 27.0 Å². The number of amides is 4. The minimum Gasteiger partial charge on any atom is -0.399 e. The number of hydrogen-bond acceptors (Lipinski definition) is 9. The van der Waals surface area contributed by atoms with Crippen molar-refractivity contribution >= 4 is 29.3 Å². The Balaban J connectivity index is 2.42. The number of likely N-dealkylation sites (N-methyl/N-ethyl adjacent to an activating group) is 4. The zero-order valence-electron chi connectivity index (χ0n) is 26.5. The highest BCUT2D eigenvalue weighted by molar-refractivity contribution is 5.83. The molecule has 0 spiro atoms. The number of hydrogen-bond donors (Lipinski definition) is 5. The number of carbonyl (C=O) groups is 4. The topological polar surface area (TPSA) is 155 Å². The van der Waals surface area contributed by atoms with E-state index in [0.717, 1.165) is 5.56 Å². The standard InChI is InChI=1S/C30H53N9O4/c1-5-32-26(40)21-36-13-15-37(22-27(41)33-6-2)17-19-39(20-18-38(16-14-36)23-28(42)34-7-3)29(30(43)35-8-4)24-9-11-25(31)12-10-24/h9-12,29H,5-8,13-23,31H2,1-4H3,(H,32,40)(H,33,41)(H,34,42)(H,35,43). The number of benzene rings is 1. The van der Waals surface area contributed by atoms with Crippen LogP contribution in [0, 0.1) is 0 Å². The van der Waals surface area contributed by atoms with Crippen molar-refractivity contribution in [1.29, 1.82) is 0 Å². The fourth-order valence-electron chi connectivity index (χ4n) is 5.13. The van der Waals surface area contributed by atoms with Crippen molar-refractivity contribution in [3.05, 3.63) is 29.8 Å². The molecule has 0 radical (unpaired) electrons. The Hall–Kier alpha value is -3.26. The van der Waals surface area contributed by atoms with Gasteiger partial charge in [-0.05, 0) is 45.4 Å². The van der Waals surface area contributed by atoms with Crippen LogP contribution in [-0.2, 0) is 19.2 Å². The Kier molecular flexibility index (Phi) is 16.6. The summed E-state index contributed by atoms with van der Waals surface area (Å²) in [7, 11) is 0. The molecule has 13 heteroatoms. The van der Waals surface area contributed by atoms with E-state index < -0.39 is 6.04 Å². The van der Waals surface area contributed by atoms with Crippen molar-refractivity contribution in [3.63, 3.8) is 0 Å². The Labute approximate surface area is 256 Å². The number of carbonyl (C=O) groups excluding carboxylic acids is 4. The van der Waals surface area contributed by atoms with Gasteiger partial charge in [0.2, 0.25) is 23.6 Å². The van der Waals surface area contributed by atoms with Crippen LogP contribution >= 0.6 is 0 Å². The van der Waals surface area contributed by atoms with Crippen LogP contribution in [0.15, 0.2) is 24.3 Å². The Morgan fingerprint density at radius 3 is 1.30 bits per heavy atom. The van der Waals surface area contributed by atoms with Crippen LogP contribution in [-0.4, -0.2) is 141 Å². The first-order valence-corrected chi connectivity index (χ1v) is 15.5. The molecule has 0 aliphatic carbocycles. The third kappa shape index (κ3) is 13.3. The van der Waals surface area contributed by atoms with Gasteiger partial charge in [-0.3, -0.25) is 38.8 Å². The third-order valence-electron chi connectivity index (χ3n) is 7.31. The summed E-state index contributed by atoms with van der Waals surface area (Å²) in [6.45, 7) is 14.7. The van der Waals surface area contributed by atoms with Gasteiger partial charge in [0.1, 0.15) is 6.04 Å². The maximum atomic E-state index is 13.5. The molecule has 1 unspecified atom stereocenters. The van der Waals surface area contributed by atoms with Crippen molar-refractivity contribution in [2.45, 2.75) is 33.7 Å². The smallest absolute Gasteiger partial charge is 0.241 e. The molecular weight excluding hydrogens is 550 g/mol. The lowest BCUT2D eigenvalue weighted by atomic mass is 10.0. The van der Waals surface area contributed by atoms with Gasteiger partial charge in [-0.25, -0.2) is 0 Å². The Morgan fingerprint density at radius 2 is 0.953 bits per heavy atom. The van der Waals surface area contributed by atoms with E-state index in [-0.39, 0.29) is 43.3 Å². The van der Waals surface area contributed by atoms with E-state index in [1.165, 1.54) is 0 Å². The predicted octanol–water partition coefficient (Wildman–Crippen LogP) is -0.924. The van der Waals surface area contributed by atoms with E-state index in [2.05, 4.69) is 40.9 Å². The van der Waals surface area contributed by atoms with Gasteiger partial charge < -0.3 is 27.0 Å². The number of anilines is 1. The lowest BCUT2D eigenvalue weighted by Crippen LogP contribution is -2.52. The van der Waals surface area contributed by atoms with Crippen molar-refractivity contribution < 1.29 is 19.2 Å². The Bertz CT molecular complexity index is 972. The maximum absolute atomic E-state index is 13.5. The van der Waals surface area contributed by atoms with Gasteiger partial charge in [0.25, 0.3) is 0 Å². The molecule has 1 aromatic rings. The second-order valence-electron chi connectivity index (χ2n) is 10.7. The minimum absolute atomic E-state index is 0.0559. The van der Waals surface area contributed by atoms with E-state index in [4.69, 9.17) is 5.73 Å². The molecule has 2 rings (SSSR count). The first-order chi connectivity index (χ1) is 20.7. The van der Waals surface area contributed by atoms with Gasteiger partial charge in [0.15, 0.2) is 0 Å². The van der Waals surface area contributed by atoms with Crippen molar-refractivity contribution in [2.24, 2.45) is 0 Å². The number of nitrogen functional groups attached to an aromatic ring is 1. The quantitative estimate of drug-likeness (QED) is 0.180. The average molecular weight is 604 g/mol. The monoisotopic (exact) mass is 603 g/mol. The molecule has 0 saturated carbocycles. The molecule has 242 valence electrons. The summed E-state index contributed by atoms with van der Waals surface area (Å²) in [5.41, 5.74) is 7.40. The van der Waals surface area contributed by atoms with Crippen LogP contribution in [0.5, 0.6) is 0 Å². The lowest BCUT2D eigenvalue weighted by Gasteiger charge is -2.36. The highest BCUT2D eigenvalue weighted by atomic mass is 16.2. The van der Waals surface area contributed by atoms with Crippen LogP contribution in [0.2, 0.25) is 0 Å². The second kappa shape index (κ2) is 19.8. The number of rotatable bonds is 13. The molecule has 1 heterocycles. The minimum atomic E-state index is -0.574. The first-order valence-electron chi connectivity index (χ1n) is 15.5. The lowest BCUT2D eigenvalue weighted by molar-refractivity contribution is -0.128. The predicted molar refractivity (Wildman–Crippen MR) is 169 cm³/mol. The zero-order chi connectivity index (χ0) is 31.6. The summed E-state index contributed by atoms with van der Waals surface area (Å²) >= 11 is 0. The van der Waals surface area contributed by atoms with Crippen molar-refractivity contribution in [3.8, 4) is 0 Å². The summed E-state index contributed by atoms with van der Waals surface area (Å²) in [5, 5.41) is 11.6. The van der Waals surface area contributed by atoms with E-state index in [1.54, 1.807) is 12.1 Å². The molecule has 1 aromatic carbocycles. The fourth-order valence-corrected chi connectivity index (χ4v) is 5.13. The molecular formula is C30H53N9O4. The Morgan fingerprint density at radius 1 is 0.605 bits per heavy atom. The summed E-state index contributed by atoms with van der Waals surface area (Å²) < 4.78 is 0. The molecule has 1 fully saturated rings. The molecule has 1 saturated heterocycles. The van der Waals surface area contributed by atoms with E-state index in [0.29, 0.717) is 84.2 Å². The zero-order valence-corrected chi connectivity index (χ0v) is 26.5. The largest absolute Gasteiger partial charge is 0.399 e. The maximum Gasteiger partial charge on any atom is 0.241 e. The molecule has 0 bridgehead atoms. The molecule has 1 aliphatic heterocycles. The molecule has 1 aliphatic rings. The molecule has 43 heavy (non-hydrogen) atoms. The fraction of sp³-hybridized carbons (Fsp3) is 0.667. The highest BCUT2D eigenvalue weighted by Gasteiger charge is 2.29. The number of nitrogens with two attached hydrogens (primary N) is 1. The average Bonchev–Trinajstić information content (AvgIpc) is 2.95. The van der Waals surface area contributed by atoms with E-state index >= 15 is 0 Å². The van der Waals surface area contributed by atoms with Gasteiger partial charge in [-0.1, -0.05) is 12.1 Å². The number of nitrogens with zero attached hydrogens (tertiary/aromatic N) is 4. The second-order valence-corrected chi connectivity index (χ2v) is 10.7. The first kappa shape index (κ1) is 35.9. The summed E-state index contributed by atoms with van der Waals surface area (Å²) in [5.74, 6) is -0.302. The SMILES string of the molecule is CCNC(=O)CN1CCN(CC(=O)NCC)CCN(C(C(=O)NCC)c2ccc(N)cc2)CCN(CC(=O)NCC)CC1. The molecule has 0 aromatic heterocycles. The van der Waals surface area contributed by atoms with Gasteiger partial charge in [-0.15, -0.1) is 0 Å². The molecule has 1 atom stereocenters. The number of nitrogens with one attached hydrogen (secondary N) is 4. The van der Waals surface area contributed by atoms with Crippen LogP contribution in [0.1, 0.15) is 39.3 Å². The van der Waals surface area contributed by atoms with E-state index in [1.807, 2.05) is 39.8 Å². The summed E-state index contributed by atoms with van der Waals surface area (Å²) in [6, 6.07) is 6.77. The van der Waals surface area contributed by atoms with Crippen LogP contribution in [0.25, 0.3) is 0 Å². The van der Waals surface area contributed by atoms with Crippen LogP contribution in [0.3, 0.4) is 0 Å². The van der Waals surface area contributed by atoms with Crippen LogP contribution in [0.4, 0.5) is 5.69 Å². The summed E-state index contributed by atoms with van der Waals surface area (Å²) in [6.07, 6.45) is 0. The normalized spacial score (nSPS) is 17.2. The molecule has 4 amide bonds. The third-order valence-corrected chi connectivity index (χ3v) is 7.31. The summed E-state index contributed by atoms with van der Waals surface area (Å²) in [4.78, 5) is 59.6.